The zero-order chi connectivity index (χ0) is 13.8. The van der Waals surface area contributed by atoms with Crippen LogP contribution >= 0.6 is 0 Å². The molecule has 1 fully saturated rings. The first-order valence-corrected chi connectivity index (χ1v) is 6.85. The van der Waals surface area contributed by atoms with Gasteiger partial charge in [-0.25, -0.2) is 4.79 Å². The number of ether oxygens (including phenoxy) is 1. The van der Waals surface area contributed by atoms with Crippen molar-refractivity contribution in [2.45, 2.75) is 71.4 Å². The monoisotopic (exact) mass is 255 g/mol. The van der Waals surface area contributed by atoms with Gasteiger partial charge >= 0.3 is 6.09 Å². The van der Waals surface area contributed by atoms with Crippen molar-refractivity contribution in [1.29, 1.82) is 0 Å². The number of alkyl carbamates (subject to hydrolysis) is 1. The minimum absolute atomic E-state index is 0.0312. The molecule has 1 aliphatic carbocycles. The second kappa shape index (κ2) is 6.21. The van der Waals surface area contributed by atoms with Gasteiger partial charge in [-0.1, -0.05) is 19.8 Å². The van der Waals surface area contributed by atoms with E-state index in [0.717, 1.165) is 25.7 Å². The number of Topliss-reactive ketones (excluding diaryl/α,β-unsaturated/α-hetero) is 1. The topological polar surface area (TPSA) is 55.4 Å². The van der Waals surface area contributed by atoms with Crippen molar-refractivity contribution in [2.24, 2.45) is 5.92 Å². The van der Waals surface area contributed by atoms with Crippen molar-refractivity contribution in [3.8, 4) is 0 Å². The molecule has 0 aromatic carbocycles. The lowest BCUT2D eigenvalue weighted by Crippen LogP contribution is -2.46. The van der Waals surface area contributed by atoms with Crippen LogP contribution in [0.1, 0.15) is 59.8 Å². The number of ketones is 1. The molecular weight excluding hydrogens is 230 g/mol. The number of hydrogen-bond acceptors (Lipinski definition) is 3. The Labute approximate surface area is 109 Å². The summed E-state index contributed by atoms with van der Waals surface area (Å²) < 4.78 is 5.24. The van der Waals surface area contributed by atoms with E-state index in [2.05, 4.69) is 5.32 Å². The number of hydrogen-bond donors (Lipinski definition) is 1. The normalized spacial score (nSPS) is 24.4. The molecular formula is C14H25NO3. The predicted molar refractivity (Wildman–Crippen MR) is 70.4 cm³/mol. The standard InChI is InChI=1S/C14H25NO3/c1-5-12(16)10-8-6-7-9-11(10)15-13(17)18-14(2,3)4/h10-11H,5-9H2,1-4H3,(H,15,17)/t10-,11+/m0/s1. The van der Waals surface area contributed by atoms with Crippen molar-refractivity contribution in [1.82, 2.24) is 5.32 Å². The summed E-state index contributed by atoms with van der Waals surface area (Å²) in [6.45, 7) is 7.38. The Morgan fingerprint density at radius 3 is 2.39 bits per heavy atom. The number of rotatable bonds is 3. The maximum absolute atomic E-state index is 11.9. The zero-order valence-electron chi connectivity index (χ0n) is 11.9. The third-order valence-corrected chi connectivity index (χ3v) is 3.23. The first-order chi connectivity index (χ1) is 8.33. The molecule has 0 unspecified atom stereocenters. The predicted octanol–water partition coefficient (Wildman–Crippen LogP) is 3.05. The van der Waals surface area contributed by atoms with Crippen LogP contribution in [0.3, 0.4) is 0 Å². The van der Waals surface area contributed by atoms with E-state index < -0.39 is 11.7 Å². The molecule has 0 aromatic rings. The molecule has 1 aliphatic rings. The van der Waals surface area contributed by atoms with Crippen LogP contribution in [-0.2, 0) is 9.53 Å². The fraction of sp³-hybridized carbons (Fsp3) is 0.857. The summed E-state index contributed by atoms with van der Waals surface area (Å²) >= 11 is 0. The summed E-state index contributed by atoms with van der Waals surface area (Å²) in [6, 6.07) is -0.0546. The fourth-order valence-electron chi connectivity index (χ4n) is 2.41. The van der Waals surface area contributed by atoms with Gasteiger partial charge in [0.2, 0.25) is 0 Å². The Hall–Kier alpha value is -1.06. The van der Waals surface area contributed by atoms with Crippen molar-refractivity contribution in [3.63, 3.8) is 0 Å². The molecule has 2 atom stereocenters. The summed E-state index contributed by atoms with van der Waals surface area (Å²) in [5, 5.41) is 2.86. The van der Waals surface area contributed by atoms with Crippen molar-refractivity contribution in [3.05, 3.63) is 0 Å². The number of carbonyl (C=O) groups is 2. The van der Waals surface area contributed by atoms with E-state index in [1.807, 2.05) is 27.7 Å². The maximum Gasteiger partial charge on any atom is 0.407 e. The summed E-state index contributed by atoms with van der Waals surface area (Å²) in [4.78, 5) is 23.6. The van der Waals surface area contributed by atoms with Crippen LogP contribution in [0.25, 0.3) is 0 Å². The fourth-order valence-corrected chi connectivity index (χ4v) is 2.41. The van der Waals surface area contributed by atoms with Crippen LogP contribution in [0, 0.1) is 5.92 Å². The molecule has 4 nitrogen and oxygen atoms in total. The minimum Gasteiger partial charge on any atom is -0.444 e. The smallest absolute Gasteiger partial charge is 0.407 e. The molecule has 0 aliphatic heterocycles. The lowest BCUT2D eigenvalue weighted by molar-refractivity contribution is -0.124. The lowest BCUT2D eigenvalue weighted by Gasteiger charge is -2.31. The zero-order valence-corrected chi connectivity index (χ0v) is 11.9. The molecule has 0 spiro atoms. The van der Waals surface area contributed by atoms with Gasteiger partial charge in [-0.2, -0.15) is 0 Å². The Morgan fingerprint density at radius 2 is 1.83 bits per heavy atom. The molecule has 18 heavy (non-hydrogen) atoms. The SMILES string of the molecule is CCC(=O)[C@H]1CCCC[C@H]1NC(=O)OC(C)(C)C. The number of carbonyl (C=O) groups excluding carboxylic acids is 2. The summed E-state index contributed by atoms with van der Waals surface area (Å²) in [5.74, 6) is 0.215. The highest BCUT2D eigenvalue weighted by molar-refractivity contribution is 5.82. The third-order valence-electron chi connectivity index (χ3n) is 3.23. The first kappa shape index (κ1) is 15.0. The van der Waals surface area contributed by atoms with Crippen LogP contribution < -0.4 is 5.32 Å². The summed E-state index contributed by atoms with van der Waals surface area (Å²) in [7, 11) is 0. The van der Waals surface area contributed by atoms with E-state index in [-0.39, 0.29) is 17.7 Å². The maximum atomic E-state index is 11.9. The van der Waals surface area contributed by atoms with Crippen LogP contribution in [-0.4, -0.2) is 23.5 Å². The van der Waals surface area contributed by atoms with Gasteiger partial charge in [-0.05, 0) is 33.6 Å². The van der Waals surface area contributed by atoms with E-state index in [1.165, 1.54) is 0 Å². The van der Waals surface area contributed by atoms with E-state index in [4.69, 9.17) is 4.74 Å². The van der Waals surface area contributed by atoms with Crippen LogP contribution in [0.2, 0.25) is 0 Å². The van der Waals surface area contributed by atoms with Gasteiger partial charge < -0.3 is 10.1 Å². The Bertz CT molecular complexity index is 307. The second-order valence-electron chi connectivity index (χ2n) is 5.96. The molecule has 1 rings (SSSR count). The average molecular weight is 255 g/mol. The summed E-state index contributed by atoms with van der Waals surface area (Å²) in [5.41, 5.74) is -0.497. The van der Waals surface area contributed by atoms with Crippen molar-refractivity contribution >= 4 is 11.9 Å². The number of amides is 1. The average Bonchev–Trinajstić information content (AvgIpc) is 2.26. The highest BCUT2D eigenvalue weighted by Crippen LogP contribution is 2.26. The van der Waals surface area contributed by atoms with Gasteiger partial charge in [-0.3, -0.25) is 4.79 Å². The van der Waals surface area contributed by atoms with Crippen molar-refractivity contribution in [2.75, 3.05) is 0 Å². The Kier molecular flexibility index (Phi) is 5.17. The molecule has 1 N–H and O–H groups in total. The van der Waals surface area contributed by atoms with E-state index in [1.54, 1.807) is 0 Å². The number of nitrogens with one attached hydrogen (secondary N) is 1. The molecule has 1 saturated carbocycles. The molecule has 0 heterocycles. The van der Waals surface area contributed by atoms with Gasteiger partial charge in [0.25, 0.3) is 0 Å². The van der Waals surface area contributed by atoms with E-state index >= 15 is 0 Å². The van der Waals surface area contributed by atoms with Gasteiger partial charge in [0.1, 0.15) is 11.4 Å². The van der Waals surface area contributed by atoms with E-state index in [9.17, 15) is 9.59 Å². The Balaban J connectivity index is 2.57. The lowest BCUT2D eigenvalue weighted by atomic mass is 9.81. The molecule has 4 heteroatoms. The first-order valence-electron chi connectivity index (χ1n) is 6.85. The molecule has 1 amide bonds. The van der Waals surface area contributed by atoms with Crippen LogP contribution in [0.15, 0.2) is 0 Å². The molecule has 104 valence electrons. The van der Waals surface area contributed by atoms with Gasteiger partial charge in [0.15, 0.2) is 0 Å². The van der Waals surface area contributed by atoms with Crippen LogP contribution in [0.5, 0.6) is 0 Å². The largest absolute Gasteiger partial charge is 0.444 e. The van der Waals surface area contributed by atoms with Crippen molar-refractivity contribution < 1.29 is 14.3 Å². The molecule has 0 bridgehead atoms. The van der Waals surface area contributed by atoms with Gasteiger partial charge in [-0.15, -0.1) is 0 Å². The quantitative estimate of drug-likeness (QED) is 0.843. The van der Waals surface area contributed by atoms with Gasteiger partial charge in [0, 0.05) is 18.4 Å². The highest BCUT2D eigenvalue weighted by atomic mass is 16.6. The molecule has 0 saturated heterocycles. The summed E-state index contributed by atoms with van der Waals surface area (Å²) in [6.07, 6.45) is 4.01. The van der Waals surface area contributed by atoms with Gasteiger partial charge in [0.05, 0.1) is 0 Å². The highest BCUT2D eigenvalue weighted by Gasteiger charge is 2.31. The molecule has 0 radical (unpaired) electrons. The van der Waals surface area contributed by atoms with Crippen LogP contribution in [0.4, 0.5) is 4.79 Å². The minimum atomic E-state index is -0.497. The Morgan fingerprint density at radius 1 is 1.22 bits per heavy atom. The van der Waals surface area contributed by atoms with E-state index in [0.29, 0.717) is 6.42 Å². The second-order valence-corrected chi connectivity index (χ2v) is 5.96. The molecule has 0 aromatic heterocycles. The third kappa shape index (κ3) is 4.67.